The van der Waals surface area contributed by atoms with Gasteiger partial charge in [0.25, 0.3) is 0 Å². The lowest BCUT2D eigenvalue weighted by Crippen LogP contribution is -2.33. The number of hydrogen-bond acceptors (Lipinski definition) is 3. The third kappa shape index (κ3) is 3.23. The number of carbonyl (C=O) groups excluding carboxylic acids is 1. The lowest BCUT2D eigenvalue weighted by Gasteiger charge is -2.17. The summed E-state index contributed by atoms with van der Waals surface area (Å²) in [4.78, 5) is 16.3. The molecule has 1 fully saturated rings. The molecule has 4 heteroatoms. The number of thioether (sulfide) groups is 1. The quantitative estimate of drug-likeness (QED) is 0.789. The van der Waals surface area contributed by atoms with Gasteiger partial charge in [-0.25, -0.2) is 0 Å². The predicted octanol–water partition coefficient (Wildman–Crippen LogP) is 2.56. The van der Waals surface area contributed by atoms with E-state index in [1.54, 1.807) is 11.8 Å². The second kappa shape index (κ2) is 4.16. The highest BCUT2D eigenvalue weighted by Crippen LogP contribution is 2.36. The Morgan fingerprint density at radius 2 is 2.07 bits per heavy atom. The van der Waals surface area contributed by atoms with E-state index in [4.69, 9.17) is 0 Å². The molecule has 3 nitrogen and oxygen atoms in total. The van der Waals surface area contributed by atoms with E-state index in [1.165, 1.54) is 0 Å². The molecule has 1 aliphatic rings. The fourth-order valence-electron chi connectivity index (χ4n) is 1.51. The summed E-state index contributed by atoms with van der Waals surface area (Å²) < 4.78 is -0.321. The summed E-state index contributed by atoms with van der Waals surface area (Å²) in [6.45, 7) is 10.2. The molecule has 0 aliphatic carbocycles. The highest BCUT2D eigenvalue weighted by molar-refractivity contribution is 8.16. The Morgan fingerprint density at radius 3 is 2.53 bits per heavy atom. The van der Waals surface area contributed by atoms with E-state index in [2.05, 4.69) is 17.2 Å². The van der Waals surface area contributed by atoms with Crippen molar-refractivity contribution in [2.45, 2.75) is 57.7 Å². The maximum Gasteiger partial charge on any atom is 0.242 e. The summed E-state index contributed by atoms with van der Waals surface area (Å²) in [5.41, 5.74) is -0.132. The zero-order valence-electron chi connectivity index (χ0n) is 10.2. The van der Waals surface area contributed by atoms with Crippen LogP contribution in [0.1, 0.15) is 47.5 Å². The molecule has 0 radical (unpaired) electrons. The predicted molar refractivity (Wildman–Crippen MR) is 66.2 cm³/mol. The summed E-state index contributed by atoms with van der Waals surface area (Å²) in [7, 11) is 0. The van der Waals surface area contributed by atoms with E-state index in [0.29, 0.717) is 0 Å². The number of carbonyl (C=O) groups is 1. The van der Waals surface area contributed by atoms with Crippen molar-refractivity contribution in [2.75, 3.05) is 0 Å². The van der Waals surface area contributed by atoms with Gasteiger partial charge in [0.2, 0.25) is 5.91 Å². The van der Waals surface area contributed by atoms with Crippen LogP contribution in [0.4, 0.5) is 0 Å². The molecule has 15 heavy (non-hydrogen) atoms. The molecule has 0 unspecified atom stereocenters. The second-order valence-electron chi connectivity index (χ2n) is 5.12. The van der Waals surface area contributed by atoms with E-state index < -0.39 is 0 Å². The molecule has 0 aromatic rings. The lowest BCUT2D eigenvalue weighted by atomic mass is 10.0. The molecule has 1 aliphatic heterocycles. The molecule has 86 valence electrons. The van der Waals surface area contributed by atoms with Crippen LogP contribution >= 0.6 is 11.8 Å². The topological polar surface area (TPSA) is 41.5 Å². The molecule has 1 amide bonds. The molecule has 1 heterocycles. The maximum absolute atomic E-state index is 11.8. The van der Waals surface area contributed by atoms with Crippen molar-refractivity contribution in [3.8, 4) is 0 Å². The van der Waals surface area contributed by atoms with Crippen LogP contribution in [0, 0.1) is 0 Å². The van der Waals surface area contributed by atoms with Gasteiger partial charge in [-0.05, 0) is 34.1 Å². The largest absolute Gasteiger partial charge is 0.304 e. The third-order valence-corrected chi connectivity index (χ3v) is 3.41. The van der Waals surface area contributed by atoms with Crippen molar-refractivity contribution in [1.29, 1.82) is 0 Å². The summed E-state index contributed by atoms with van der Waals surface area (Å²) in [5, 5.41) is 3.63. The van der Waals surface area contributed by atoms with Crippen LogP contribution in [-0.4, -0.2) is 21.4 Å². The van der Waals surface area contributed by atoms with Crippen LogP contribution in [0.15, 0.2) is 4.99 Å². The number of hydrogen-bond donors (Lipinski definition) is 1. The van der Waals surface area contributed by atoms with Crippen molar-refractivity contribution < 1.29 is 4.79 Å². The van der Waals surface area contributed by atoms with Crippen LogP contribution < -0.4 is 5.32 Å². The monoisotopic (exact) mass is 228 g/mol. The SMILES string of the molecule is CCC[C@]1(C)SC(=NC(C)(C)C)NC1=O. The summed E-state index contributed by atoms with van der Waals surface area (Å²) in [6.07, 6.45) is 1.91. The highest BCUT2D eigenvalue weighted by Gasteiger charge is 2.41. The van der Waals surface area contributed by atoms with Gasteiger partial charge in [-0.1, -0.05) is 25.1 Å². The van der Waals surface area contributed by atoms with Crippen LogP contribution in [0.25, 0.3) is 0 Å². The Kier molecular flexibility index (Phi) is 3.48. The molecule has 1 N–H and O–H groups in total. The molecule has 0 spiro atoms. The number of nitrogens with one attached hydrogen (secondary N) is 1. The first-order valence-corrected chi connectivity index (χ1v) is 6.19. The summed E-state index contributed by atoms with van der Waals surface area (Å²) >= 11 is 1.56. The van der Waals surface area contributed by atoms with Crippen molar-refractivity contribution in [3.05, 3.63) is 0 Å². The molecule has 0 aromatic carbocycles. The Hall–Kier alpha value is -0.510. The molecule has 0 bridgehead atoms. The number of aliphatic imine (C=N–C) groups is 1. The van der Waals surface area contributed by atoms with Crippen molar-refractivity contribution in [3.63, 3.8) is 0 Å². The first kappa shape index (κ1) is 12.6. The van der Waals surface area contributed by atoms with E-state index in [0.717, 1.165) is 18.0 Å². The van der Waals surface area contributed by atoms with Gasteiger partial charge < -0.3 is 5.32 Å². The molecule has 1 rings (SSSR count). The molecule has 1 saturated heterocycles. The standard InChI is InChI=1S/C11H20N2OS/c1-6-7-11(5)8(14)12-9(15-11)13-10(2,3)4/h6-7H2,1-5H3,(H,12,13,14)/t11-/m0/s1. The van der Waals surface area contributed by atoms with E-state index >= 15 is 0 Å². The van der Waals surface area contributed by atoms with Crippen molar-refractivity contribution in [1.82, 2.24) is 5.32 Å². The van der Waals surface area contributed by atoms with Crippen molar-refractivity contribution in [2.24, 2.45) is 4.99 Å². The minimum absolute atomic E-state index is 0.0948. The van der Waals surface area contributed by atoms with E-state index in [1.807, 2.05) is 27.7 Å². The zero-order valence-corrected chi connectivity index (χ0v) is 11.0. The third-order valence-electron chi connectivity index (χ3n) is 2.19. The molecule has 0 aromatic heterocycles. The van der Waals surface area contributed by atoms with Gasteiger partial charge in [0.05, 0.1) is 10.3 Å². The maximum atomic E-state index is 11.8. The van der Waals surface area contributed by atoms with Crippen LogP contribution in [0.3, 0.4) is 0 Å². The van der Waals surface area contributed by atoms with Crippen LogP contribution in [0.2, 0.25) is 0 Å². The van der Waals surface area contributed by atoms with Gasteiger partial charge in [0.15, 0.2) is 5.17 Å². The van der Waals surface area contributed by atoms with E-state index in [-0.39, 0.29) is 16.2 Å². The molecule has 0 saturated carbocycles. The lowest BCUT2D eigenvalue weighted by molar-refractivity contribution is -0.121. The van der Waals surface area contributed by atoms with Crippen LogP contribution in [0.5, 0.6) is 0 Å². The second-order valence-corrected chi connectivity index (χ2v) is 6.62. The Morgan fingerprint density at radius 1 is 1.47 bits per heavy atom. The molecular weight excluding hydrogens is 208 g/mol. The minimum Gasteiger partial charge on any atom is -0.304 e. The molecule has 1 atom stereocenters. The number of amidine groups is 1. The fourth-order valence-corrected chi connectivity index (χ4v) is 2.85. The first-order chi connectivity index (χ1) is 6.77. The Bertz CT molecular complexity index is 293. The Labute approximate surface area is 96.1 Å². The van der Waals surface area contributed by atoms with Gasteiger partial charge in [-0.15, -0.1) is 0 Å². The van der Waals surface area contributed by atoms with Gasteiger partial charge in [-0.3, -0.25) is 9.79 Å². The van der Waals surface area contributed by atoms with Crippen molar-refractivity contribution >= 4 is 22.8 Å². The summed E-state index contributed by atoms with van der Waals surface area (Å²) in [6, 6.07) is 0. The smallest absolute Gasteiger partial charge is 0.242 e. The molecular formula is C11H20N2OS. The van der Waals surface area contributed by atoms with E-state index in [9.17, 15) is 4.79 Å². The average molecular weight is 228 g/mol. The number of nitrogens with zero attached hydrogens (tertiary/aromatic N) is 1. The summed E-state index contributed by atoms with van der Waals surface area (Å²) in [5.74, 6) is 0.0948. The Balaban J connectivity index is 2.80. The van der Waals surface area contributed by atoms with Gasteiger partial charge in [0.1, 0.15) is 0 Å². The minimum atomic E-state index is -0.321. The highest BCUT2D eigenvalue weighted by atomic mass is 32.2. The first-order valence-electron chi connectivity index (χ1n) is 5.37. The van der Waals surface area contributed by atoms with Gasteiger partial charge >= 0.3 is 0 Å². The number of rotatable bonds is 2. The van der Waals surface area contributed by atoms with Gasteiger partial charge in [0, 0.05) is 0 Å². The average Bonchev–Trinajstić information content (AvgIpc) is 2.23. The van der Waals surface area contributed by atoms with Crippen LogP contribution in [-0.2, 0) is 4.79 Å². The normalized spacial score (nSPS) is 29.7. The zero-order chi connectivity index (χ0) is 11.7. The van der Waals surface area contributed by atoms with Gasteiger partial charge in [-0.2, -0.15) is 0 Å². The number of amides is 1. The fraction of sp³-hybridized carbons (Fsp3) is 0.818.